The zero-order chi connectivity index (χ0) is 23.3. The number of esters is 1. The molecule has 2 aromatic rings. The van der Waals surface area contributed by atoms with Crippen LogP contribution in [0, 0.1) is 0 Å². The second-order valence-corrected chi connectivity index (χ2v) is 8.36. The molecule has 0 saturated carbocycles. The molecule has 8 nitrogen and oxygen atoms in total. The molecule has 1 aliphatic heterocycles. The van der Waals surface area contributed by atoms with Crippen molar-refractivity contribution in [3.63, 3.8) is 0 Å². The first kappa shape index (κ1) is 23.5. The maximum Gasteiger partial charge on any atom is 0.337 e. The number of halogens is 1. The smallest absolute Gasteiger partial charge is 0.337 e. The molecule has 10 heteroatoms. The van der Waals surface area contributed by atoms with Crippen LogP contribution in [-0.4, -0.2) is 36.9 Å². The van der Waals surface area contributed by atoms with E-state index in [2.05, 4.69) is 10.6 Å². The fourth-order valence-electron chi connectivity index (χ4n) is 3.25. The van der Waals surface area contributed by atoms with Crippen LogP contribution in [0.4, 0.5) is 10.5 Å². The number of methoxy groups -OCH3 is 1. The highest BCUT2D eigenvalue weighted by Crippen LogP contribution is 2.46. The number of nitrogens with two attached hydrogens (primary N) is 1. The van der Waals surface area contributed by atoms with Crippen LogP contribution in [0.5, 0.6) is 5.75 Å². The van der Waals surface area contributed by atoms with E-state index in [1.165, 1.54) is 7.11 Å². The third kappa shape index (κ3) is 5.35. The Balaban J connectivity index is 1.79. The summed E-state index contributed by atoms with van der Waals surface area (Å²) in [6.45, 7) is 1.84. The summed E-state index contributed by atoms with van der Waals surface area (Å²) in [4.78, 5) is 37.9. The summed E-state index contributed by atoms with van der Waals surface area (Å²) in [6, 6.07) is 12.7. The van der Waals surface area contributed by atoms with Gasteiger partial charge in [-0.15, -0.1) is 0 Å². The fourth-order valence-corrected chi connectivity index (χ4v) is 4.58. The zero-order valence-corrected chi connectivity index (χ0v) is 19.0. The molecule has 4 N–H and O–H groups in total. The van der Waals surface area contributed by atoms with Gasteiger partial charge in [-0.2, -0.15) is 0 Å². The Morgan fingerprint density at radius 2 is 1.75 bits per heavy atom. The number of imide groups is 1. The molecule has 2 aromatic carbocycles. The summed E-state index contributed by atoms with van der Waals surface area (Å²) in [5, 5.41) is 4.74. The molecular weight excluding hydrogens is 454 g/mol. The molecule has 3 rings (SSSR count). The number of rotatable bonds is 6. The molecular formula is C22H22ClN3O5S. The topological polar surface area (TPSA) is 120 Å². The predicted octanol–water partition coefficient (Wildman–Crippen LogP) is 3.63. The third-order valence-corrected chi connectivity index (χ3v) is 6.17. The van der Waals surface area contributed by atoms with Crippen molar-refractivity contribution in [2.75, 3.05) is 19.0 Å². The molecule has 0 radical (unpaired) electrons. The number of benzene rings is 2. The molecule has 2 atom stereocenters. The van der Waals surface area contributed by atoms with Gasteiger partial charge in [0.15, 0.2) is 0 Å². The van der Waals surface area contributed by atoms with Crippen LogP contribution in [0.25, 0.3) is 0 Å². The summed E-state index contributed by atoms with van der Waals surface area (Å²) in [6.07, 6.45) is 0. The number of nitrogens with one attached hydrogen (secondary N) is 2. The first-order chi connectivity index (χ1) is 15.3. The first-order valence-corrected chi connectivity index (χ1v) is 10.9. The fraction of sp³-hybridized carbons (Fsp3) is 0.227. The average molecular weight is 476 g/mol. The van der Waals surface area contributed by atoms with E-state index in [0.29, 0.717) is 22.0 Å². The van der Waals surface area contributed by atoms with E-state index in [1.54, 1.807) is 55.5 Å². The number of anilines is 1. The van der Waals surface area contributed by atoms with Crippen molar-refractivity contribution in [2.45, 2.75) is 18.1 Å². The normalized spacial score (nSPS) is 17.6. The summed E-state index contributed by atoms with van der Waals surface area (Å²) < 4.78 is 10.2. The molecule has 0 spiro atoms. The van der Waals surface area contributed by atoms with Crippen molar-refractivity contribution in [1.82, 2.24) is 5.32 Å². The maximum absolute atomic E-state index is 13.0. The summed E-state index contributed by atoms with van der Waals surface area (Å²) in [5.74, 6) is -1.27. The standard InChI is InChI=1S/C22H22ClN3O5S/c1-3-31-21(28)17-16(12-4-6-13(23)7-5-12)18(32-19(17)24)20(27)26-22(29)25-14-8-10-15(30-2)11-9-14/h4-11,16,18H,3,24H2,1-2H3,(H2,25,26,27,29). The van der Waals surface area contributed by atoms with Crippen molar-refractivity contribution in [1.29, 1.82) is 0 Å². The van der Waals surface area contributed by atoms with Gasteiger partial charge in [-0.1, -0.05) is 35.5 Å². The molecule has 0 aliphatic carbocycles. The monoisotopic (exact) mass is 475 g/mol. The van der Waals surface area contributed by atoms with E-state index in [-0.39, 0.29) is 17.2 Å². The molecule has 0 fully saturated rings. The molecule has 1 aliphatic rings. The Morgan fingerprint density at radius 3 is 2.34 bits per heavy atom. The van der Waals surface area contributed by atoms with Crippen molar-refractivity contribution < 1.29 is 23.9 Å². The maximum atomic E-state index is 13.0. The zero-order valence-electron chi connectivity index (χ0n) is 17.4. The quantitative estimate of drug-likeness (QED) is 0.545. The van der Waals surface area contributed by atoms with E-state index in [1.807, 2.05) is 0 Å². The molecule has 168 valence electrons. The third-order valence-electron chi connectivity index (χ3n) is 4.70. The Bertz CT molecular complexity index is 1040. The minimum atomic E-state index is -0.850. The Labute approximate surface area is 194 Å². The molecule has 3 amide bonds. The van der Waals surface area contributed by atoms with Crippen LogP contribution in [0.1, 0.15) is 18.4 Å². The second-order valence-electron chi connectivity index (χ2n) is 6.74. The molecule has 32 heavy (non-hydrogen) atoms. The summed E-state index contributed by atoms with van der Waals surface area (Å²) in [5.41, 5.74) is 7.43. The minimum Gasteiger partial charge on any atom is -0.497 e. The van der Waals surface area contributed by atoms with Crippen LogP contribution in [-0.2, 0) is 14.3 Å². The van der Waals surface area contributed by atoms with Crippen LogP contribution in [0.15, 0.2) is 59.1 Å². The average Bonchev–Trinajstić information content (AvgIpc) is 3.12. The van der Waals surface area contributed by atoms with Gasteiger partial charge in [-0.25, -0.2) is 9.59 Å². The van der Waals surface area contributed by atoms with Gasteiger partial charge in [0.25, 0.3) is 0 Å². The predicted molar refractivity (Wildman–Crippen MR) is 124 cm³/mol. The highest BCUT2D eigenvalue weighted by molar-refractivity contribution is 8.04. The van der Waals surface area contributed by atoms with Gasteiger partial charge in [0.1, 0.15) is 11.0 Å². The first-order valence-electron chi connectivity index (χ1n) is 9.68. The Hall–Kier alpha value is -3.17. The molecule has 0 saturated heterocycles. The van der Waals surface area contributed by atoms with E-state index in [4.69, 9.17) is 26.8 Å². The van der Waals surface area contributed by atoms with Gasteiger partial charge in [-0.3, -0.25) is 10.1 Å². The van der Waals surface area contributed by atoms with E-state index in [0.717, 1.165) is 11.8 Å². The Morgan fingerprint density at radius 1 is 1.09 bits per heavy atom. The number of amides is 3. The van der Waals surface area contributed by atoms with Crippen molar-refractivity contribution in [2.24, 2.45) is 5.73 Å². The summed E-state index contributed by atoms with van der Waals surface area (Å²) in [7, 11) is 1.54. The molecule has 2 unspecified atom stereocenters. The number of hydrogen-bond donors (Lipinski definition) is 3. The van der Waals surface area contributed by atoms with Gasteiger partial charge >= 0.3 is 12.0 Å². The molecule has 1 heterocycles. The largest absolute Gasteiger partial charge is 0.497 e. The van der Waals surface area contributed by atoms with E-state index in [9.17, 15) is 14.4 Å². The van der Waals surface area contributed by atoms with Gasteiger partial charge in [0.2, 0.25) is 5.91 Å². The lowest BCUT2D eigenvalue weighted by atomic mass is 9.88. The van der Waals surface area contributed by atoms with Crippen LogP contribution < -0.4 is 21.1 Å². The van der Waals surface area contributed by atoms with Crippen LogP contribution in [0.3, 0.4) is 0 Å². The van der Waals surface area contributed by atoms with Crippen LogP contribution in [0.2, 0.25) is 5.02 Å². The number of carbonyl (C=O) groups is 3. The van der Waals surface area contributed by atoms with Gasteiger partial charge in [0.05, 0.1) is 24.3 Å². The Kier molecular flexibility index (Phi) is 7.66. The van der Waals surface area contributed by atoms with Crippen molar-refractivity contribution >= 4 is 47.0 Å². The van der Waals surface area contributed by atoms with Crippen LogP contribution >= 0.6 is 23.4 Å². The molecule has 0 aromatic heterocycles. The van der Waals surface area contributed by atoms with Crippen molar-refractivity contribution in [3.05, 3.63) is 69.7 Å². The number of urea groups is 1. The van der Waals surface area contributed by atoms with E-state index < -0.39 is 29.1 Å². The number of hydrogen-bond acceptors (Lipinski definition) is 7. The van der Waals surface area contributed by atoms with Crippen molar-refractivity contribution in [3.8, 4) is 5.75 Å². The number of carbonyl (C=O) groups excluding carboxylic acids is 3. The SMILES string of the molecule is CCOC(=O)C1=C(N)SC(C(=O)NC(=O)Nc2ccc(OC)cc2)C1c1ccc(Cl)cc1. The highest BCUT2D eigenvalue weighted by atomic mass is 35.5. The minimum absolute atomic E-state index is 0.161. The van der Waals surface area contributed by atoms with Gasteiger partial charge < -0.3 is 20.5 Å². The van der Waals surface area contributed by atoms with E-state index >= 15 is 0 Å². The summed E-state index contributed by atoms with van der Waals surface area (Å²) >= 11 is 7.00. The van der Waals surface area contributed by atoms with Gasteiger partial charge in [-0.05, 0) is 48.9 Å². The highest BCUT2D eigenvalue weighted by Gasteiger charge is 2.44. The lowest BCUT2D eigenvalue weighted by Crippen LogP contribution is -2.41. The lowest BCUT2D eigenvalue weighted by Gasteiger charge is -2.21. The number of ether oxygens (including phenoxy) is 2. The lowest BCUT2D eigenvalue weighted by molar-refractivity contribution is -0.138. The molecule has 0 bridgehead atoms. The number of thioether (sulfide) groups is 1. The second kappa shape index (κ2) is 10.4. The van der Waals surface area contributed by atoms with Gasteiger partial charge in [0, 0.05) is 16.6 Å².